The number of amides is 1. The third-order valence-corrected chi connectivity index (χ3v) is 7.23. The molecule has 10 heteroatoms. The summed E-state index contributed by atoms with van der Waals surface area (Å²) in [5, 5.41) is 18.1. The van der Waals surface area contributed by atoms with Gasteiger partial charge >= 0.3 is 6.09 Å². The lowest BCUT2D eigenvalue weighted by atomic mass is 9.97. The average molecular weight is 454 g/mol. The first kappa shape index (κ1) is 20.4. The van der Waals surface area contributed by atoms with E-state index < -0.39 is 24.3 Å². The minimum Gasteiger partial charge on any atom is -0.443 e. The van der Waals surface area contributed by atoms with Crippen molar-refractivity contribution < 1.29 is 13.9 Å². The summed E-state index contributed by atoms with van der Waals surface area (Å²) in [4.78, 5) is 16.6. The van der Waals surface area contributed by atoms with Crippen molar-refractivity contribution in [1.29, 1.82) is 0 Å². The molecular weight excluding hydrogens is 425 g/mol. The SMILES string of the molecule is CC1(NC(=O)O[C@@H]2CC[C@H](c3cc(Nc4nccn5nc6c(c45)CCCC6)n[nH]3)[C@@H]2F)CC1. The monoisotopic (exact) mass is 453 g/mol. The number of halogens is 1. The molecule has 3 aromatic heterocycles. The van der Waals surface area contributed by atoms with Crippen LogP contribution in [-0.4, -0.2) is 48.7 Å². The molecule has 3 atom stereocenters. The molecule has 0 saturated heterocycles. The Kier molecular flexibility index (Phi) is 4.77. The zero-order chi connectivity index (χ0) is 22.6. The molecule has 0 aromatic carbocycles. The lowest BCUT2D eigenvalue weighted by Crippen LogP contribution is -2.38. The Morgan fingerprint density at radius 2 is 2.15 bits per heavy atom. The summed E-state index contributed by atoms with van der Waals surface area (Å²) >= 11 is 0. The van der Waals surface area contributed by atoms with Crippen molar-refractivity contribution in [2.75, 3.05) is 5.32 Å². The molecule has 3 N–H and O–H groups in total. The van der Waals surface area contributed by atoms with Gasteiger partial charge < -0.3 is 15.4 Å². The summed E-state index contributed by atoms with van der Waals surface area (Å²) in [6.07, 6.45) is 8.25. The lowest BCUT2D eigenvalue weighted by molar-refractivity contribution is 0.0546. The first-order valence-corrected chi connectivity index (χ1v) is 11.8. The van der Waals surface area contributed by atoms with Gasteiger partial charge in [-0.05, 0) is 58.3 Å². The number of ether oxygens (including phenoxy) is 1. The van der Waals surface area contributed by atoms with Crippen molar-refractivity contribution in [3.05, 3.63) is 35.4 Å². The number of aryl methyl sites for hydroxylation is 2. The second-order valence-corrected chi connectivity index (χ2v) is 9.79. The van der Waals surface area contributed by atoms with Crippen LogP contribution >= 0.6 is 0 Å². The number of aromatic amines is 1. The largest absolute Gasteiger partial charge is 0.443 e. The highest BCUT2D eigenvalue weighted by Crippen LogP contribution is 2.39. The van der Waals surface area contributed by atoms with Crippen LogP contribution in [0.2, 0.25) is 0 Å². The Morgan fingerprint density at radius 3 is 3.00 bits per heavy atom. The van der Waals surface area contributed by atoms with Gasteiger partial charge in [0.05, 0.1) is 5.69 Å². The Hall–Kier alpha value is -3.17. The van der Waals surface area contributed by atoms with E-state index in [-0.39, 0.29) is 5.54 Å². The van der Waals surface area contributed by atoms with Crippen LogP contribution in [0.15, 0.2) is 18.5 Å². The summed E-state index contributed by atoms with van der Waals surface area (Å²) < 4.78 is 22.4. The van der Waals surface area contributed by atoms with Crippen molar-refractivity contribution in [2.45, 2.75) is 82.0 Å². The van der Waals surface area contributed by atoms with Crippen molar-refractivity contribution in [3.8, 4) is 0 Å². The van der Waals surface area contributed by atoms with Crippen molar-refractivity contribution in [2.24, 2.45) is 0 Å². The highest BCUT2D eigenvalue weighted by Gasteiger charge is 2.43. The normalized spacial score (nSPS) is 25.6. The number of rotatable bonds is 5. The molecule has 6 rings (SSSR count). The fourth-order valence-corrected chi connectivity index (χ4v) is 5.07. The molecule has 0 unspecified atom stereocenters. The van der Waals surface area contributed by atoms with Gasteiger partial charge in [0.15, 0.2) is 11.6 Å². The number of anilines is 2. The van der Waals surface area contributed by atoms with Crippen LogP contribution in [-0.2, 0) is 17.6 Å². The molecule has 2 saturated carbocycles. The second-order valence-electron chi connectivity index (χ2n) is 9.79. The van der Waals surface area contributed by atoms with Gasteiger partial charge in [-0.15, -0.1) is 0 Å². The summed E-state index contributed by atoms with van der Waals surface area (Å²) in [5.74, 6) is 0.877. The highest BCUT2D eigenvalue weighted by atomic mass is 19.1. The van der Waals surface area contributed by atoms with Gasteiger partial charge in [0.1, 0.15) is 17.8 Å². The Balaban J connectivity index is 1.16. The number of carbonyl (C=O) groups excluding carboxylic acids is 1. The number of nitrogens with zero attached hydrogens (tertiary/aromatic N) is 4. The number of carbonyl (C=O) groups is 1. The van der Waals surface area contributed by atoms with Crippen LogP contribution in [0.1, 0.15) is 68.3 Å². The number of nitrogens with one attached hydrogen (secondary N) is 3. The summed E-state index contributed by atoms with van der Waals surface area (Å²) in [6, 6.07) is 1.82. The number of alkyl carbamates (subject to hydrolysis) is 1. The maximum Gasteiger partial charge on any atom is 0.407 e. The summed E-state index contributed by atoms with van der Waals surface area (Å²) in [5.41, 5.74) is 3.86. The molecule has 9 nitrogen and oxygen atoms in total. The number of alkyl halides is 1. The molecule has 0 bridgehead atoms. The van der Waals surface area contributed by atoms with E-state index in [1.807, 2.05) is 23.7 Å². The maximum absolute atomic E-state index is 15.1. The first-order chi connectivity index (χ1) is 16.0. The molecule has 174 valence electrons. The van der Waals surface area contributed by atoms with Gasteiger partial charge in [-0.1, -0.05) is 0 Å². The van der Waals surface area contributed by atoms with Crippen LogP contribution in [0, 0.1) is 0 Å². The minimum atomic E-state index is -1.28. The molecule has 0 radical (unpaired) electrons. The number of H-pyrrole nitrogens is 1. The number of hydrogen-bond acceptors (Lipinski definition) is 6. The molecule has 0 aliphatic heterocycles. The quantitative estimate of drug-likeness (QED) is 0.540. The smallest absolute Gasteiger partial charge is 0.407 e. The molecule has 3 aliphatic carbocycles. The van der Waals surface area contributed by atoms with E-state index in [0.717, 1.165) is 49.7 Å². The van der Waals surface area contributed by atoms with E-state index in [9.17, 15) is 4.79 Å². The third kappa shape index (κ3) is 3.81. The molecule has 33 heavy (non-hydrogen) atoms. The number of fused-ring (bicyclic) bond motifs is 3. The van der Waals surface area contributed by atoms with E-state index in [1.165, 1.54) is 5.56 Å². The zero-order valence-corrected chi connectivity index (χ0v) is 18.6. The van der Waals surface area contributed by atoms with Gasteiger partial charge in [-0.25, -0.2) is 18.7 Å². The van der Waals surface area contributed by atoms with Crippen molar-refractivity contribution in [1.82, 2.24) is 30.1 Å². The standard InChI is InChI=1S/C23H28FN7O2/c1-23(8-9-23)27-22(32)33-17-7-6-13(19(17)24)16-12-18(29-28-16)26-21-20-14-4-2-3-5-15(14)30-31(20)11-10-25-21/h10-13,17,19H,2-9H2,1H3,(H,27,32)(H2,25,26,28,29)/t13-,17-,19+/m1/s1. The molecular formula is C23H28FN7O2. The predicted molar refractivity (Wildman–Crippen MR) is 119 cm³/mol. The molecule has 3 heterocycles. The minimum absolute atomic E-state index is 0.184. The molecule has 1 amide bonds. The van der Waals surface area contributed by atoms with Crippen LogP contribution in [0.5, 0.6) is 0 Å². The van der Waals surface area contributed by atoms with Gasteiger partial charge in [0.25, 0.3) is 0 Å². The highest BCUT2D eigenvalue weighted by molar-refractivity contribution is 5.76. The molecule has 2 fully saturated rings. The molecule has 0 spiro atoms. The van der Waals surface area contributed by atoms with E-state index in [0.29, 0.717) is 30.2 Å². The first-order valence-electron chi connectivity index (χ1n) is 11.8. The second kappa shape index (κ2) is 7.71. The maximum atomic E-state index is 15.1. The van der Waals surface area contributed by atoms with Crippen LogP contribution in [0.25, 0.3) is 5.52 Å². The van der Waals surface area contributed by atoms with E-state index in [4.69, 9.17) is 9.84 Å². The molecule has 3 aliphatic rings. The van der Waals surface area contributed by atoms with Gasteiger partial charge in [0.2, 0.25) is 0 Å². The van der Waals surface area contributed by atoms with Crippen LogP contribution in [0.4, 0.5) is 20.8 Å². The van der Waals surface area contributed by atoms with E-state index in [1.54, 1.807) is 6.20 Å². The van der Waals surface area contributed by atoms with E-state index in [2.05, 4.69) is 25.8 Å². The number of hydrogen-bond donors (Lipinski definition) is 3. The average Bonchev–Trinajstić information content (AvgIpc) is 3.13. The van der Waals surface area contributed by atoms with Gasteiger partial charge in [-0.2, -0.15) is 10.2 Å². The fourth-order valence-electron chi connectivity index (χ4n) is 5.07. The van der Waals surface area contributed by atoms with Crippen molar-refractivity contribution >= 4 is 23.2 Å². The Bertz CT molecular complexity index is 1200. The third-order valence-electron chi connectivity index (χ3n) is 7.23. The summed E-state index contributed by atoms with van der Waals surface area (Å²) in [7, 11) is 0. The predicted octanol–water partition coefficient (Wildman–Crippen LogP) is 3.94. The Morgan fingerprint density at radius 1 is 1.30 bits per heavy atom. The Labute approximate surface area is 190 Å². The van der Waals surface area contributed by atoms with Gasteiger partial charge in [0, 0.05) is 41.2 Å². The van der Waals surface area contributed by atoms with Crippen molar-refractivity contribution in [3.63, 3.8) is 0 Å². The lowest BCUT2D eigenvalue weighted by Gasteiger charge is -2.19. The summed E-state index contributed by atoms with van der Waals surface area (Å²) in [6.45, 7) is 1.97. The topological polar surface area (TPSA) is 109 Å². The van der Waals surface area contributed by atoms with Crippen LogP contribution < -0.4 is 10.6 Å². The molecule has 3 aromatic rings. The zero-order valence-electron chi connectivity index (χ0n) is 18.6. The number of aromatic nitrogens is 5. The van der Waals surface area contributed by atoms with Crippen LogP contribution in [0.3, 0.4) is 0 Å². The fraction of sp³-hybridized carbons (Fsp3) is 0.565. The van der Waals surface area contributed by atoms with E-state index >= 15 is 4.39 Å². The van der Waals surface area contributed by atoms with Gasteiger partial charge in [-0.3, -0.25) is 5.10 Å².